The Morgan fingerprint density at radius 3 is 3.00 bits per heavy atom. The minimum Gasteiger partial charge on any atom is -0.297 e. The van der Waals surface area contributed by atoms with Crippen LogP contribution in [0, 0.1) is 5.41 Å². The standard InChI is InChI=1S/C8H16N6/c1-7(9)14(10-2)5-3-4-8-11-6-12-13-8/h6,9-10H,3-5H2,1-2H3,(H,11,12,13). The van der Waals surface area contributed by atoms with Crippen LogP contribution in [0.15, 0.2) is 6.33 Å². The molecule has 0 aliphatic heterocycles. The highest BCUT2D eigenvalue weighted by Crippen LogP contribution is 1.95. The molecule has 0 fully saturated rings. The van der Waals surface area contributed by atoms with Gasteiger partial charge in [0.25, 0.3) is 0 Å². The van der Waals surface area contributed by atoms with Gasteiger partial charge in [-0.05, 0) is 13.3 Å². The molecular formula is C8H16N6. The van der Waals surface area contributed by atoms with Gasteiger partial charge in [-0.1, -0.05) is 0 Å². The molecule has 0 amide bonds. The third-order valence-electron chi connectivity index (χ3n) is 1.92. The maximum atomic E-state index is 7.43. The summed E-state index contributed by atoms with van der Waals surface area (Å²) in [5.74, 6) is 1.34. The van der Waals surface area contributed by atoms with Gasteiger partial charge in [0, 0.05) is 20.0 Å². The van der Waals surface area contributed by atoms with Crippen molar-refractivity contribution in [1.82, 2.24) is 25.6 Å². The molecule has 6 nitrogen and oxygen atoms in total. The summed E-state index contributed by atoms with van der Waals surface area (Å²) in [4.78, 5) is 4.02. The van der Waals surface area contributed by atoms with Gasteiger partial charge in [0.1, 0.15) is 18.0 Å². The highest BCUT2D eigenvalue weighted by Gasteiger charge is 2.03. The zero-order valence-corrected chi connectivity index (χ0v) is 8.54. The van der Waals surface area contributed by atoms with E-state index in [2.05, 4.69) is 20.6 Å². The van der Waals surface area contributed by atoms with Gasteiger partial charge in [-0.3, -0.25) is 15.5 Å². The number of rotatable bonds is 5. The molecular weight excluding hydrogens is 180 g/mol. The smallest absolute Gasteiger partial charge is 0.150 e. The highest BCUT2D eigenvalue weighted by atomic mass is 15.5. The molecule has 3 N–H and O–H groups in total. The van der Waals surface area contributed by atoms with Crippen molar-refractivity contribution in [2.24, 2.45) is 0 Å². The van der Waals surface area contributed by atoms with E-state index in [1.807, 2.05) is 7.05 Å². The molecule has 0 bridgehead atoms. The van der Waals surface area contributed by atoms with Crippen molar-refractivity contribution in [3.8, 4) is 0 Å². The highest BCUT2D eigenvalue weighted by molar-refractivity contribution is 5.75. The normalized spacial score (nSPS) is 10.1. The molecule has 14 heavy (non-hydrogen) atoms. The van der Waals surface area contributed by atoms with Gasteiger partial charge < -0.3 is 0 Å². The van der Waals surface area contributed by atoms with Crippen molar-refractivity contribution in [1.29, 1.82) is 5.41 Å². The average molecular weight is 196 g/mol. The molecule has 0 saturated heterocycles. The van der Waals surface area contributed by atoms with E-state index < -0.39 is 0 Å². The first kappa shape index (κ1) is 10.6. The van der Waals surface area contributed by atoms with Crippen LogP contribution in [0.1, 0.15) is 19.2 Å². The Morgan fingerprint density at radius 2 is 2.50 bits per heavy atom. The van der Waals surface area contributed by atoms with Crippen molar-refractivity contribution < 1.29 is 0 Å². The SMILES string of the molecule is CNN(CCCc1nc[nH]n1)C(C)=N. The fourth-order valence-corrected chi connectivity index (χ4v) is 1.20. The summed E-state index contributed by atoms with van der Waals surface area (Å²) in [7, 11) is 1.81. The van der Waals surface area contributed by atoms with E-state index in [4.69, 9.17) is 5.41 Å². The third-order valence-corrected chi connectivity index (χ3v) is 1.92. The van der Waals surface area contributed by atoms with Crippen LogP contribution in [-0.2, 0) is 6.42 Å². The lowest BCUT2D eigenvalue weighted by Crippen LogP contribution is -2.39. The maximum Gasteiger partial charge on any atom is 0.150 e. The predicted octanol–water partition coefficient (Wildman–Crippen LogP) is 0.171. The van der Waals surface area contributed by atoms with Crippen molar-refractivity contribution in [2.45, 2.75) is 19.8 Å². The Morgan fingerprint density at radius 1 is 1.71 bits per heavy atom. The lowest BCUT2D eigenvalue weighted by molar-refractivity contribution is 0.328. The van der Waals surface area contributed by atoms with E-state index in [9.17, 15) is 0 Å². The second-order valence-corrected chi connectivity index (χ2v) is 2.98. The summed E-state index contributed by atoms with van der Waals surface area (Å²) in [5.41, 5.74) is 2.94. The maximum absolute atomic E-state index is 7.43. The number of hydrogen-bond donors (Lipinski definition) is 3. The number of aryl methyl sites for hydroxylation is 1. The van der Waals surface area contributed by atoms with Gasteiger partial charge in [0.05, 0.1) is 0 Å². The summed E-state index contributed by atoms with van der Waals surface area (Å²) in [5, 5.41) is 15.8. The molecule has 0 aromatic carbocycles. The molecule has 0 aliphatic rings. The fourth-order valence-electron chi connectivity index (χ4n) is 1.20. The van der Waals surface area contributed by atoms with Gasteiger partial charge in [-0.2, -0.15) is 5.10 Å². The van der Waals surface area contributed by atoms with Gasteiger partial charge >= 0.3 is 0 Å². The van der Waals surface area contributed by atoms with Crippen LogP contribution in [0.4, 0.5) is 0 Å². The van der Waals surface area contributed by atoms with Gasteiger partial charge in [0.2, 0.25) is 0 Å². The number of nitrogens with one attached hydrogen (secondary N) is 3. The molecule has 0 saturated carbocycles. The number of aromatic nitrogens is 3. The molecule has 0 spiro atoms. The number of H-pyrrole nitrogens is 1. The Kier molecular flexibility index (Phi) is 4.06. The van der Waals surface area contributed by atoms with Crippen molar-refractivity contribution in [3.05, 3.63) is 12.2 Å². The first-order chi connectivity index (χ1) is 6.74. The Labute approximate surface area is 83.2 Å². The van der Waals surface area contributed by atoms with Crippen LogP contribution in [0.3, 0.4) is 0 Å². The average Bonchev–Trinajstić information content (AvgIpc) is 2.64. The number of nitrogens with zero attached hydrogens (tertiary/aromatic N) is 3. The second-order valence-electron chi connectivity index (χ2n) is 2.98. The van der Waals surface area contributed by atoms with Crippen LogP contribution in [0.2, 0.25) is 0 Å². The number of amidine groups is 1. The topological polar surface area (TPSA) is 80.7 Å². The van der Waals surface area contributed by atoms with Crippen molar-refractivity contribution in [3.63, 3.8) is 0 Å². The quantitative estimate of drug-likeness (QED) is 0.356. The van der Waals surface area contributed by atoms with E-state index in [0.717, 1.165) is 25.2 Å². The van der Waals surface area contributed by atoms with E-state index in [0.29, 0.717) is 5.84 Å². The van der Waals surface area contributed by atoms with Crippen molar-refractivity contribution in [2.75, 3.05) is 13.6 Å². The summed E-state index contributed by atoms with van der Waals surface area (Å²) >= 11 is 0. The molecule has 0 radical (unpaired) electrons. The van der Waals surface area contributed by atoms with Crippen LogP contribution in [0.5, 0.6) is 0 Å². The number of hydrogen-bond acceptors (Lipinski definition) is 4. The largest absolute Gasteiger partial charge is 0.297 e. The molecule has 78 valence electrons. The molecule has 1 heterocycles. The molecule has 1 rings (SSSR count). The monoisotopic (exact) mass is 196 g/mol. The lowest BCUT2D eigenvalue weighted by Gasteiger charge is -2.21. The Bertz CT molecular complexity index is 267. The zero-order chi connectivity index (χ0) is 10.4. The Hall–Kier alpha value is -1.43. The second kappa shape index (κ2) is 5.33. The number of aromatic amines is 1. The molecule has 0 aliphatic carbocycles. The summed E-state index contributed by atoms with van der Waals surface area (Å²) in [6.07, 6.45) is 3.33. The van der Waals surface area contributed by atoms with Crippen LogP contribution in [-0.4, -0.2) is 39.6 Å². The molecule has 0 unspecified atom stereocenters. The van der Waals surface area contributed by atoms with E-state index in [1.54, 1.807) is 18.3 Å². The predicted molar refractivity (Wildman–Crippen MR) is 53.9 cm³/mol. The zero-order valence-electron chi connectivity index (χ0n) is 8.54. The first-order valence-corrected chi connectivity index (χ1v) is 4.58. The third kappa shape index (κ3) is 3.14. The number of hydrazine groups is 1. The molecule has 0 atom stereocenters. The van der Waals surface area contributed by atoms with Gasteiger partial charge in [0.15, 0.2) is 0 Å². The van der Waals surface area contributed by atoms with Gasteiger partial charge in [-0.15, -0.1) is 0 Å². The van der Waals surface area contributed by atoms with E-state index in [1.165, 1.54) is 0 Å². The van der Waals surface area contributed by atoms with Crippen LogP contribution < -0.4 is 5.43 Å². The van der Waals surface area contributed by atoms with Crippen molar-refractivity contribution >= 4 is 5.84 Å². The van der Waals surface area contributed by atoms with E-state index in [-0.39, 0.29) is 0 Å². The minimum atomic E-state index is 0.516. The van der Waals surface area contributed by atoms with Crippen LogP contribution >= 0.6 is 0 Å². The first-order valence-electron chi connectivity index (χ1n) is 4.58. The van der Waals surface area contributed by atoms with Crippen LogP contribution in [0.25, 0.3) is 0 Å². The minimum absolute atomic E-state index is 0.516. The molecule has 1 aromatic heterocycles. The lowest BCUT2D eigenvalue weighted by atomic mass is 10.3. The Balaban J connectivity index is 2.23. The molecule has 1 aromatic rings. The molecule has 6 heteroatoms. The summed E-state index contributed by atoms with van der Waals surface area (Å²) < 4.78 is 0. The fraction of sp³-hybridized carbons (Fsp3) is 0.625. The summed E-state index contributed by atoms with van der Waals surface area (Å²) in [6, 6.07) is 0. The van der Waals surface area contributed by atoms with Gasteiger partial charge in [-0.25, -0.2) is 10.4 Å². The van der Waals surface area contributed by atoms with E-state index >= 15 is 0 Å². The summed E-state index contributed by atoms with van der Waals surface area (Å²) in [6.45, 7) is 2.55.